The number of carbonyl (C=O) groups is 4. The SMILES string of the molecule is CNC(C)C(=O)NC(C=O)(N1CC(=O)N2[C@@H](Cc3ccc4ccccc4c3)C(=O)N(C3Cc4ccccc4C3)C[C@@H]21)C(C)(C)C. The van der Waals surface area contributed by atoms with Gasteiger partial charge in [0.25, 0.3) is 0 Å². The summed E-state index contributed by atoms with van der Waals surface area (Å²) in [6.45, 7) is 7.57. The minimum absolute atomic E-state index is 0.0621. The number of carbonyl (C=O) groups excluding carboxylic acids is 4. The number of fused-ring (bicyclic) bond motifs is 3. The zero-order valence-corrected chi connectivity index (χ0v) is 26.7. The largest absolute Gasteiger partial charge is 0.334 e. The van der Waals surface area contributed by atoms with Crippen molar-refractivity contribution in [3.8, 4) is 0 Å². The highest BCUT2D eigenvalue weighted by atomic mass is 16.2. The maximum atomic E-state index is 14.5. The van der Waals surface area contributed by atoms with Gasteiger partial charge in [-0.15, -0.1) is 0 Å². The minimum atomic E-state index is -1.50. The molecule has 2 N–H and O–H groups in total. The smallest absolute Gasteiger partial charge is 0.246 e. The first-order chi connectivity index (χ1) is 21.5. The van der Waals surface area contributed by atoms with Crippen LogP contribution in [0.5, 0.6) is 0 Å². The Hall–Kier alpha value is -4.08. The summed E-state index contributed by atoms with van der Waals surface area (Å²) in [6, 6.07) is 21.2. The quantitative estimate of drug-likeness (QED) is 0.381. The maximum absolute atomic E-state index is 14.5. The van der Waals surface area contributed by atoms with Gasteiger partial charge in [0.15, 0.2) is 11.9 Å². The summed E-state index contributed by atoms with van der Waals surface area (Å²) in [5, 5.41) is 8.16. The van der Waals surface area contributed by atoms with Gasteiger partial charge in [-0.2, -0.15) is 0 Å². The van der Waals surface area contributed by atoms with Crippen LogP contribution in [0.4, 0.5) is 0 Å². The molecule has 4 atom stereocenters. The fourth-order valence-corrected chi connectivity index (χ4v) is 7.40. The number of aldehydes is 1. The molecule has 6 rings (SSSR count). The van der Waals surface area contributed by atoms with E-state index in [1.54, 1.807) is 18.9 Å². The summed E-state index contributed by atoms with van der Waals surface area (Å²) in [5.74, 6) is -0.638. The molecule has 0 spiro atoms. The molecule has 0 bridgehead atoms. The number of likely N-dealkylation sites (N-methyl/N-ethyl adjacent to an activating group) is 1. The second-order valence-electron chi connectivity index (χ2n) is 13.8. The Labute approximate surface area is 264 Å². The molecule has 1 aliphatic carbocycles. The Morgan fingerprint density at radius 1 is 0.978 bits per heavy atom. The number of benzene rings is 3. The molecule has 0 saturated carbocycles. The van der Waals surface area contributed by atoms with E-state index >= 15 is 0 Å². The molecule has 236 valence electrons. The summed E-state index contributed by atoms with van der Waals surface area (Å²) in [7, 11) is 1.69. The van der Waals surface area contributed by atoms with Gasteiger partial charge in [-0.25, -0.2) is 4.90 Å². The van der Waals surface area contributed by atoms with E-state index in [9.17, 15) is 19.2 Å². The molecule has 3 amide bonds. The molecule has 2 aliphatic heterocycles. The van der Waals surface area contributed by atoms with Gasteiger partial charge in [0.2, 0.25) is 17.7 Å². The van der Waals surface area contributed by atoms with Crippen molar-refractivity contribution in [3.63, 3.8) is 0 Å². The lowest BCUT2D eigenvalue weighted by atomic mass is 9.79. The number of rotatable bonds is 8. The first-order valence-electron chi connectivity index (χ1n) is 15.9. The molecule has 3 aromatic carbocycles. The predicted octanol–water partition coefficient (Wildman–Crippen LogP) is 2.90. The van der Waals surface area contributed by atoms with E-state index in [0.29, 0.717) is 6.42 Å². The molecular weight excluding hydrogens is 566 g/mol. The predicted molar refractivity (Wildman–Crippen MR) is 173 cm³/mol. The number of nitrogens with zero attached hydrogens (tertiary/aromatic N) is 3. The van der Waals surface area contributed by atoms with Gasteiger partial charge in [-0.3, -0.25) is 19.2 Å². The number of amides is 3. The van der Waals surface area contributed by atoms with Crippen LogP contribution < -0.4 is 10.6 Å². The molecule has 9 heteroatoms. The van der Waals surface area contributed by atoms with Gasteiger partial charge in [-0.05, 0) is 54.3 Å². The third-order valence-corrected chi connectivity index (χ3v) is 10.2. The van der Waals surface area contributed by atoms with E-state index in [-0.39, 0.29) is 36.9 Å². The molecule has 9 nitrogen and oxygen atoms in total. The van der Waals surface area contributed by atoms with Crippen LogP contribution in [0.1, 0.15) is 44.4 Å². The van der Waals surface area contributed by atoms with E-state index in [1.807, 2.05) is 67.0 Å². The van der Waals surface area contributed by atoms with Crippen LogP contribution >= 0.6 is 0 Å². The van der Waals surface area contributed by atoms with Gasteiger partial charge in [-0.1, -0.05) is 87.5 Å². The Bertz CT molecular complexity index is 1620. The second-order valence-corrected chi connectivity index (χ2v) is 13.8. The fourth-order valence-electron chi connectivity index (χ4n) is 7.40. The molecule has 2 fully saturated rings. The highest BCUT2D eigenvalue weighted by Gasteiger charge is 2.60. The number of nitrogens with one attached hydrogen (secondary N) is 2. The summed E-state index contributed by atoms with van der Waals surface area (Å²) in [5.41, 5.74) is 1.14. The molecular formula is C36H43N5O4. The van der Waals surface area contributed by atoms with Crippen LogP contribution in [-0.4, -0.2) is 88.8 Å². The third-order valence-electron chi connectivity index (χ3n) is 10.2. The van der Waals surface area contributed by atoms with Crippen molar-refractivity contribution in [1.29, 1.82) is 0 Å². The second kappa shape index (κ2) is 11.7. The normalized spacial score (nSPS) is 22.7. The standard InChI is InChI=1S/C36H43N5O4/c1-23(37-5)33(44)38-36(22-42,35(2,3)4)40-21-32(43)41-30(17-24-14-15-25-10-6-7-11-26(25)16-24)34(45)39(20-31(40)41)29-18-27-12-8-9-13-28(27)19-29/h6-16,22-23,29-31,37H,17-21H2,1-5H3,(H,38,44)/t23?,30-,31+,36?/m0/s1. The van der Waals surface area contributed by atoms with Crippen molar-refractivity contribution >= 4 is 34.8 Å². The fraction of sp³-hybridized carbons (Fsp3) is 0.444. The van der Waals surface area contributed by atoms with Crippen LogP contribution in [0, 0.1) is 5.41 Å². The summed E-state index contributed by atoms with van der Waals surface area (Å²) < 4.78 is 0. The van der Waals surface area contributed by atoms with Gasteiger partial charge < -0.3 is 20.4 Å². The number of hydrogen-bond donors (Lipinski definition) is 2. The van der Waals surface area contributed by atoms with Crippen LogP contribution in [0.15, 0.2) is 66.7 Å². The van der Waals surface area contributed by atoms with E-state index in [2.05, 4.69) is 41.0 Å². The number of hydrogen-bond acceptors (Lipinski definition) is 6. The van der Waals surface area contributed by atoms with Gasteiger partial charge in [0, 0.05) is 17.9 Å². The lowest BCUT2D eigenvalue weighted by molar-refractivity contribution is -0.163. The monoisotopic (exact) mass is 609 g/mol. The van der Waals surface area contributed by atoms with Crippen molar-refractivity contribution in [1.82, 2.24) is 25.3 Å². The molecule has 2 heterocycles. The highest BCUT2D eigenvalue weighted by Crippen LogP contribution is 2.40. The topological polar surface area (TPSA) is 102 Å². The number of piperazine rings is 1. The van der Waals surface area contributed by atoms with E-state index in [0.717, 1.165) is 35.5 Å². The van der Waals surface area contributed by atoms with Crippen LogP contribution in [0.25, 0.3) is 10.8 Å². The summed E-state index contributed by atoms with van der Waals surface area (Å²) >= 11 is 0. The molecule has 2 saturated heterocycles. The van der Waals surface area contributed by atoms with E-state index < -0.39 is 29.3 Å². The van der Waals surface area contributed by atoms with Crippen LogP contribution in [0.3, 0.4) is 0 Å². The van der Waals surface area contributed by atoms with Crippen molar-refractivity contribution in [2.24, 2.45) is 5.41 Å². The van der Waals surface area contributed by atoms with Gasteiger partial charge in [0.05, 0.1) is 19.1 Å². The van der Waals surface area contributed by atoms with Crippen molar-refractivity contribution < 1.29 is 19.2 Å². The average molecular weight is 610 g/mol. The highest BCUT2D eigenvalue weighted by molar-refractivity contribution is 5.93. The Kier molecular flexibility index (Phi) is 8.03. The summed E-state index contributed by atoms with van der Waals surface area (Å²) in [4.78, 5) is 60.6. The Morgan fingerprint density at radius 3 is 2.24 bits per heavy atom. The van der Waals surface area contributed by atoms with Crippen molar-refractivity contribution in [2.45, 2.75) is 76.9 Å². The minimum Gasteiger partial charge on any atom is -0.334 e. The lowest BCUT2D eigenvalue weighted by Crippen LogP contribution is -2.74. The zero-order chi connectivity index (χ0) is 32.1. The summed E-state index contributed by atoms with van der Waals surface area (Å²) in [6.07, 6.45) is 2.00. The molecule has 3 aliphatic rings. The average Bonchev–Trinajstić information content (AvgIpc) is 3.60. The Morgan fingerprint density at radius 2 is 1.62 bits per heavy atom. The third kappa shape index (κ3) is 5.32. The Balaban J connectivity index is 1.41. The zero-order valence-electron chi connectivity index (χ0n) is 26.7. The molecule has 3 aromatic rings. The van der Waals surface area contributed by atoms with Crippen molar-refractivity contribution in [2.75, 3.05) is 20.1 Å². The van der Waals surface area contributed by atoms with Crippen LogP contribution in [0.2, 0.25) is 0 Å². The molecule has 0 radical (unpaired) electrons. The first-order valence-corrected chi connectivity index (χ1v) is 15.9. The van der Waals surface area contributed by atoms with Crippen LogP contribution in [-0.2, 0) is 38.4 Å². The van der Waals surface area contributed by atoms with E-state index in [1.165, 1.54) is 11.1 Å². The van der Waals surface area contributed by atoms with Gasteiger partial charge in [0.1, 0.15) is 12.2 Å². The maximum Gasteiger partial charge on any atom is 0.246 e. The molecule has 0 aromatic heterocycles. The molecule has 45 heavy (non-hydrogen) atoms. The van der Waals surface area contributed by atoms with E-state index in [4.69, 9.17) is 0 Å². The van der Waals surface area contributed by atoms with Gasteiger partial charge >= 0.3 is 0 Å². The first kappa shape index (κ1) is 30.9. The van der Waals surface area contributed by atoms with Crippen molar-refractivity contribution in [3.05, 3.63) is 83.4 Å². The molecule has 2 unspecified atom stereocenters. The lowest BCUT2D eigenvalue weighted by Gasteiger charge is -2.53.